The molecule has 2 rings (SSSR count). The highest BCUT2D eigenvalue weighted by Crippen LogP contribution is 2.30. The van der Waals surface area contributed by atoms with Crippen molar-refractivity contribution in [2.45, 2.75) is 33.2 Å². The number of benzene rings is 1. The van der Waals surface area contributed by atoms with Gasteiger partial charge < -0.3 is 9.84 Å². The van der Waals surface area contributed by atoms with Gasteiger partial charge in [0.1, 0.15) is 11.3 Å². The van der Waals surface area contributed by atoms with Gasteiger partial charge in [0.2, 0.25) is 0 Å². The number of piperidine rings is 1. The molecule has 1 saturated heterocycles. The smallest absolute Gasteiger partial charge is 0.339 e. The number of rotatable bonds is 4. The van der Waals surface area contributed by atoms with Gasteiger partial charge in [0.25, 0.3) is 0 Å². The Morgan fingerprint density at radius 3 is 2.55 bits per heavy atom. The van der Waals surface area contributed by atoms with Crippen LogP contribution in [0.4, 0.5) is 0 Å². The van der Waals surface area contributed by atoms with E-state index in [0.717, 1.165) is 25.2 Å². The molecule has 1 fully saturated rings. The Balaban J connectivity index is 2.07. The van der Waals surface area contributed by atoms with Gasteiger partial charge >= 0.3 is 5.97 Å². The van der Waals surface area contributed by atoms with Gasteiger partial charge in [-0.15, -0.1) is 0 Å². The van der Waals surface area contributed by atoms with Crippen LogP contribution in [-0.4, -0.2) is 36.2 Å². The number of ether oxygens (including phenoxy) is 1. The number of likely N-dealkylation sites (tertiary alicyclic amines) is 1. The minimum atomic E-state index is -0.941. The largest absolute Gasteiger partial charge is 0.496 e. The van der Waals surface area contributed by atoms with E-state index in [1.165, 1.54) is 20.0 Å². The summed E-state index contributed by atoms with van der Waals surface area (Å²) in [4.78, 5) is 13.6. The highest BCUT2D eigenvalue weighted by atomic mass is 16.5. The van der Waals surface area contributed by atoms with Gasteiger partial charge in [0, 0.05) is 6.54 Å². The molecule has 4 heteroatoms. The molecule has 0 aromatic heterocycles. The first kappa shape index (κ1) is 14.9. The van der Waals surface area contributed by atoms with Crippen molar-refractivity contribution in [3.8, 4) is 5.75 Å². The van der Waals surface area contributed by atoms with Crippen molar-refractivity contribution in [2.24, 2.45) is 5.41 Å². The van der Waals surface area contributed by atoms with Crippen LogP contribution in [0.1, 0.15) is 42.6 Å². The summed E-state index contributed by atoms with van der Waals surface area (Å²) in [7, 11) is 1.49. The van der Waals surface area contributed by atoms with Crippen molar-refractivity contribution < 1.29 is 14.6 Å². The fourth-order valence-corrected chi connectivity index (χ4v) is 2.60. The molecule has 1 heterocycles. The number of carboxylic acids is 1. The maximum absolute atomic E-state index is 11.2. The number of methoxy groups -OCH3 is 1. The van der Waals surface area contributed by atoms with Crippen molar-refractivity contribution in [2.75, 3.05) is 20.2 Å². The summed E-state index contributed by atoms with van der Waals surface area (Å²) < 4.78 is 5.08. The zero-order valence-electron chi connectivity index (χ0n) is 12.5. The molecule has 0 atom stereocenters. The lowest BCUT2D eigenvalue weighted by molar-refractivity contribution is 0.0693. The van der Waals surface area contributed by atoms with Crippen LogP contribution in [0, 0.1) is 5.41 Å². The minimum Gasteiger partial charge on any atom is -0.496 e. The Kier molecular flexibility index (Phi) is 4.33. The highest BCUT2D eigenvalue weighted by Gasteiger charge is 2.25. The summed E-state index contributed by atoms with van der Waals surface area (Å²) in [5.41, 5.74) is 1.70. The summed E-state index contributed by atoms with van der Waals surface area (Å²) in [6, 6.07) is 5.42. The molecule has 0 radical (unpaired) electrons. The summed E-state index contributed by atoms with van der Waals surface area (Å²) in [6.45, 7) is 7.56. The van der Waals surface area contributed by atoms with Crippen molar-refractivity contribution in [1.29, 1.82) is 0 Å². The highest BCUT2D eigenvalue weighted by molar-refractivity contribution is 5.91. The molecule has 0 spiro atoms. The number of hydrogen-bond acceptors (Lipinski definition) is 3. The third-order valence-electron chi connectivity index (χ3n) is 4.11. The van der Waals surface area contributed by atoms with E-state index in [0.29, 0.717) is 11.2 Å². The molecule has 1 aromatic rings. The lowest BCUT2D eigenvalue weighted by Gasteiger charge is -2.37. The maximum Gasteiger partial charge on any atom is 0.339 e. The Morgan fingerprint density at radius 2 is 2.00 bits per heavy atom. The van der Waals surface area contributed by atoms with Crippen LogP contribution in [-0.2, 0) is 6.54 Å². The standard InChI is InChI=1S/C16H23NO3/c1-16(2)6-8-17(9-7-16)11-12-4-5-14(20-3)13(10-12)15(18)19/h4-5,10H,6-9,11H2,1-3H3,(H,18,19). The summed E-state index contributed by atoms with van der Waals surface area (Å²) >= 11 is 0. The lowest BCUT2D eigenvalue weighted by Crippen LogP contribution is -2.36. The van der Waals surface area contributed by atoms with Crippen LogP contribution in [0.3, 0.4) is 0 Å². The molecule has 1 N–H and O–H groups in total. The van der Waals surface area contributed by atoms with Gasteiger partial charge in [-0.3, -0.25) is 4.90 Å². The van der Waals surface area contributed by atoms with Gasteiger partial charge in [0.05, 0.1) is 7.11 Å². The quantitative estimate of drug-likeness (QED) is 0.919. The van der Waals surface area contributed by atoms with E-state index in [1.54, 1.807) is 12.1 Å². The Bertz CT molecular complexity index is 486. The van der Waals surface area contributed by atoms with Crippen molar-refractivity contribution in [3.05, 3.63) is 29.3 Å². The van der Waals surface area contributed by atoms with E-state index in [2.05, 4.69) is 18.7 Å². The van der Waals surface area contributed by atoms with Gasteiger partial charge in [-0.2, -0.15) is 0 Å². The summed E-state index contributed by atoms with van der Waals surface area (Å²) in [5.74, 6) is -0.524. The first-order valence-corrected chi connectivity index (χ1v) is 7.04. The van der Waals surface area contributed by atoms with E-state index in [1.807, 2.05) is 6.07 Å². The van der Waals surface area contributed by atoms with Crippen molar-refractivity contribution in [3.63, 3.8) is 0 Å². The van der Waals surface area contributed by atoms with E-state index in [-0.39, 0.29) is 5.56 Å². The normalized spacial score (nSPS) is 18.8. The molecule has 1 aliphatic heterocycles. The molecule has 0 unspecified atom stereocenters. The maximum atomic E-state index is 11.2. The molecule has 0 amide bonds. The van der Waals surface area contributed by atoms with E-state index in [4.69, 9.17) is 4.74 Å². The average Bonchev–Trinajstić information content (AvgIpc) is 2.41. The molecule has 4 nitrogen and oxygen atoms in total. The summed E-state index contributed by atoms with van der Waals surface area (Å²) in [6.07, 6.45) is 2.38. The van der Waals surface area contributed by atoms with Gasteiger partial charge in [0.15, 0.2) is 0 Å². The number of carboxylic acid groups (broad SMARTS) is 1. The predicted molar refractivity (Wildman–Crippen MR) is 78.2 cm³/mol. The lowest BCUT2D eigenvalue weighted by atomic mass is 9.82. The third kappa shape index (κ3) is 3.51. The molecule has 20 heavy (non-hydrogen) atoms. The monoisotopic (exact) mass is 277 g/mol. The summed E-state index contributed by atoms with van der Waals surface area (Å²) in [5, 5.41) is 9.20. The molecule has 1 aliphatic rings. The van der Waals surface area contributed by atoms with Crippen LogP contribution in [0.15, 0.2) is 18.2 Å². The third-order valence-corrected chi connectivity index (χ3v) is 4.11. The topological polar surface area (TPSA) is 49.8 Å². The fourth-order valence-electron chi connectivity index (χ4n) is 2.60. The Morgan fingerprint density at radius 1 is 1.35 bits per heavy atom. The van der Waals surface area contributed by atoms with Crippen molar-refractivity contribution in [1.82, 2.24) is 4.90 Å². The van der Waals surface area contributed by atoms with E-state index < -0.39 is 5.97 Å². The zero-order chi connectivity index (χ0) is 14.8. The van der Waals surface area contributed by atoms with Gasteiger partial charge in [-0.05, 0) is 49.0 Å². The average molecular weight is 277 g/mol. The molecule has 0 saturated carbocycles. The fraction of sp³-hybridized carbons (Fsp3) is 0.562. The van der Waals surface area contributed by atoms with Gasteiger partial charge in [-0.25, -0.2) is 4.79 Å². The Labute approximate surface area is 120 Å². The van der Waals surface area contributed by atoms with Crippen molar-refractivity contribution >= 4 is 5.97 Å². The molecule has 110 valence electrons. The number of hydrogen-bond donors (Lipinski definition) is 1. The second-order valence-electron chi connectivity index (χ2n) is 6.28. The second-order valence-corrected chi connectivity index (χ2v) is 6.28. The van der Waals surface area contributed by atoms with E-state index >= 15 is 0 Å². The van der Waals surface area contributed by atoms with Gasteiger partial charge in [-0.1, -0.05) is 19.9 Å². The van der Waals surface area contributed by atoms with Crippen LogP contribution < -0.4 is 4.74 Å². The molecular weight excluding hydrogens is 254 g/mol. The second kappa shape index (κ2) is 5.83. The predicted octanol–water partition coefficient (Wildman–Crippen LogP) is 3.02. The number of nitrogens with zero attached hydrogens (tertiary/aromatic N) is 1. The molecule has 0 aliphatic carbocycles. The number of carbonyl (C=O) groups is 1. The van der Waals surface area contributed by atoms with E-state index in [9.17, 15) is 9.90 Å². The minimum absolute atomic E-state index is 0.238. The molecular formula is C16H23NO3. The molecule has 0 bridgehead atoms. The number of aromatic carboxylic acids is 1. The first-order chi connectivity index (χ1) is 9.41. The zero-order valence-corrected chi connectivity index (χ0v) is 12.5. The van der Waals surface area contributed by atoms with Crippen LogP contribution >= 0.6 is 0 Å². The SMILES string of the molecule is COc1ccc(CN2CCC(C)(C)CC2)cc1C(=O)O. The van der Waals surface area contributed by atoms with Crippen LogP contribution in [0.5, 0.6) is 5.75 Å². The molecule has 1 aromatic carbocycles. The first-order valence-electron chi connectivity index (χ1n) is 7.04. The van der Waals surface area contributed by atoms with Crippen LogP contribution in [0.2, 0.25) is 0 Å². The van der Waals surface area contributed by atoms with Crippen LogP contribution in [0.25, 0.3) is 0 Å². The Hall–Kier alpha value is -1.55.